The third-order valence-corrected chi connectivity index (χ3v) is 1.96. The first kappa shape index (κ1) is 15.4. The van der Waals surface area contributed by atoms with E-state index in [0.29, 0.717) is 0 Å². The van der Waals surface area contributed by atoms with Gasteiger partial charge in [0.25, 0.3) is 0 Å². The number of aliphatic imine (C=N–C) groups is 2. The van der Waals surface area contributed by atoms with Crippen molar-refractivity contribution in [3.05, 3.63) is 11.1 Å². The molecule has 0 fully saturated rings. The second-order valence-corrected chi connectivity index (χ2v) is 3.01. The van der Waals surface area contributed by atoms with E-state index in [9.17, 15) is 19.2 Å². The number of aliphatic carboxylic acids is 2. The van der Waals surface area contributed by atoms with Gasteiger partial charge < -0.3 is 10.2 Å². The molecule has 0 heterocycles. The van der Waals surface area contributed by atoms with Gasteiger partial charge in [0.15, 0.2) is 0 Å². The second kappa shape index (κ2) is 8.58. The molecule has 8 heteroatoms. The van der Waals surface area contributed by atoms with Crippen LogP contribution in [0.3, 0.4) is 0 Å². The van der Waals surface area contributed by atoms with Gasteiger partial charge >= 0.3 is 11.9 Å². The molecule has 0 aliphatic rings. The summed E-state index contributed by atoms with van der Waals surface area (Å²) in [6.45, 7) is -0.336. The maximum Gasteiger partial charge on any atom is 0.332 e. The van der Waals surface area contributed by atoms with Crippen molar-refractivity contribution in [1.82, 2.24) is 0 Å². The van der Waals surface area contributed by atoms with Crippen LogP contribution in [0.2, 0.25) is 0 Å². The van der Waals surface area contributed by atoms with Crippen molar-refractivity contribution in [1.29, 1.82) is 0 Å². The molecule has 0 aromatic heterocycles. The number of rotatable bonds is 8. The minimum atomic E-state index is -1.41. The van der Waals surface area contributed by atoms with Crippen LogP contribution in [0.4, 0.5) is 0 Å². The van der Waals surface area contributed by atoms with Crippen LogP contribution in [0.25, 0.3) is 0 Å². The van der Waals surface area contributed by atoms with E-state index in [1.165, 1.54) is 12.2 Å². The van der Waals surface area contributed by atoms with Gasteiger partial charge in [-0.1, -0.05) is 0 Å². The zero-order chi connectivity index (χ0) is 14.0. The lowest BCUT2D eigenvalue weighted by Crippen LogP contribution is -2.13. The Bertz CT molecular complexity index is 413. The Morgan fingerprint density at radius 3 is 1.39 bits per heavy atom. The zero-order valence-corrected chi connectivity index (χ0v) is 9.25. The van der Waals surface area contributed by atoms with Crippen molar-refractivity contribution in [2.75, 3.05) is 13.1 Å². The SMILES string of the molecule is O=C=NCC/C(C(=O)O)=C(\CCN=C=O)C(=O)O. The summed E-state index contributed by atoms with van der Waals surface area (Å²) in [7, 11) is 0. The minimum Gasteiger partial charge on any atom is -0.478 e. The largest absolute Gasteiger partial charge is 0.478 e. The first-order chi connectivity index (χ1) is 8.54. The highest BCUT2D eigenvalue weighted by atomic mass is 16.4. The first-order valence-corrected chi connectivity index (χ1v) is 4.80. The molecule has 8 nitrogen and oxygen atoms in total. The van der Waals surface area contributed by atoms with Crippen LogP contribution in [-0.2, 0) is 19.2 Å². The molecule has 0 aromatic rings. The maximum absolute atomic E-state index is 10.9. The standard InChI is InChI=1S/C10H10N2O6/c13-5-11-3-1-7(9(15)16)8(10(17)18)2-4-12-6-14/h1-4H2,(H,15,16)(H,17,18)/b8-7-. The summed E-state index contributed by atoms with van der Waals surface area (Å²) in [6.07, 6.45) is 2.03. The number of nitrogens with zero attached hydrogens (tertiary/aromatic N) is 2. The van der Waals surface area contributed by atoms with E-state index in [0.717, 1.165) is 0 Å². The van der Waals surface area contributed by atoms with Gasteiger partial charge in [-0.25, -0.2) is 29.2 Å². The van der Waals surface area contributed by atoms with Gasteiger partial charge in [0, 0.05) is 24.0 Å². The van der Waals surface area contributed by atoms with Crippen LogP contribution >= 0.6 is 0 Å². The summed E-state index contributed by atoms with van der Waals surface area (Å²) in [5.41, 5.74) is -0.745. The lowest BCUT2D eigenvalue weighted by Gasteiger charge is -2.06. The van der Waals surface area contributed by atoms with Crippen LogP contribution in [0.1, 0.15) is 12.8 Å². The van der Waals surface area contributed by atoms with Crippen molar-refractivity contribution in [2.24, 2.45) is 9.98 Å². The van der Waals surface area contributed by atoms with E-state index in [1.807, 2.05) is 0 Å². The van der Waals surface area contributed by atoms with Crippen molar-refractivity contribution in [2.45, 2.75) is 12.8 Å². The molecule has 18 heavy (non-hydrogen) atoms. The summed E-state index contributed by atoms with van der Waals surface area (Å²) < 4.78 is 0. The van der Waals surface area contributed by atoms with Crippen molar-refractivity contribution < 1.29 is 29.4 Å². The maximum atomic E-state index is 10.9. The molecule has 0 radical (unpaired) electrons. The Kier molecular flexibility index (Phi) is 7.36. The fourth-order valence-electron chi connectivity index (χ4n) is 1.20. The molecule has 0 saturated heterocycles. The van der Waals surface area contributed by atoms with E-state index in [1.54, 1.807) is 0 Å². The molecule has 0 atom stereocenters. The summed E-state index contributed by atoms with van der Waals surface area (Å²) in [6, 6.07) is 0. The van der Waals surface area contributed by atoms with Gasteiger partial charge in [0.2, 0.25) is 12.2 Å². The van der Waals surface area contributed by atoms with E-state index in [-0.39, 0.29) is 37.1 Å². The molecule has 0 rings (SSSR count). The average Bonchev–Trinajstić information content (AvgIpc) is 2.31. The fraction of sp³-hybridized carbons (Fsp3) is 0.400. The number of carbonyl (C=O) groups excluding carboxylic acids is 2. The van der Waals surface area contributed by atoms with Crippen LogP contribution in [0.15, 0.2) is 21.1 Å². The summed E-state index contributed by atoms with van der Waals surface area (Å²) in [5, 5.41) is 17.8. The monoisotopic (exact) mass is 254 g/mol. The molecular formula is C10H10N2O6. The van der Waals surface area contributed by atoms with Gasteiger partial charge in [-0.2, -0.15) is 0 Å². The summed E-state index contributed by atoms with van der Waals surface area (Å²) in [5.74, 6) is -2.83. The second-order valence-electron chi connectivity index (χ2n) is 3.01. The molecule has 96 valence electrons. The number of hydrogen-bond acceptors (Lipinski definition) is 6. The Labute approximate surface area is 101 Å². The van der Waals surface area contributed by atoms with E-state index < -0.39 is 11.9 Å². The van der Waals surface area contributed by atoms with E-state index in [2.05, 4.69) is 9.98 Å². The molecule has 0 aliphatic carbocycles. The van der Waals surface area contributed by atoms with E-state index in [4.69, 9.17) is 10.2 Å². The molecular weight excluding hydrogens is 244 g/mol. The van der Waals surface area contributed by atoms with Gasteiger partial charge in [-0.15, -0.1) is 0 Å². The molecule has 0 saturated carbocycles. The quantitative estimate of drug-likeness (QED) is 0.353. The average molecular weight is 254 g/mol. The molecule has 0 unspecified atom stereocenters. The van der Waals surface area contributed by atoms with Crippen molar-refractivity contribution in [3.8, 4) is 0 Å². The normalized spacial score (nSPS) is 10.7. The molecule has 0 amide bonds. The molecule has 2 N–H and O–H groups in total. The smallest absolute Gasteiger partial charge is 0.332 e. The predicted molar refractivity (Wildman–Crippen MR) is 57.5 cm³/mol. The minimum absolute atomic E-state index is 0.168. The topological polar surface area (TPSA) is 133 Å². The van der Waals surface area contributed by atoms with Crippen LogP contribution < -0.4 is 0 Å². The number of isocyanates is 2. The van der Waals surface area contributed by atoms with Crippen LogP contribution in [-0.4, -0.2) is 47.4 Å². The molecule has 0 bridgehead atoms. The number of carboxylic acid groups (broad SMARTS) is 2. The third-order valence-electron chi connectivity index (χ3n) is 1.96. The van der Waals surface area contributed by atoms with Gasteiger partial charge in [-0.05, 0) is 0 Å². The lowest BCUT2D eigenvalue weighted by atomic mass is 10.0. The summed E-state index contributed by atoms with van der Waals surface area (Å²) >= 11 is 0. The summed E-state index contributed by atoms with van der Waals surface area (Å²) in [4.78, 5) is 47.8. The van der Waals surface area contributed by atoms with Gasteiger partial charge in [0.05, 0.1) is 13.1 Å². The third kappa shape index (κ3) is 5.50. The Hall–Kier alpha value is -2.56. The van der Waals surface area contributed by atoms with E-state index >= 15 is 0 Å². The lowest BCUT2D eigenvalue weighted by molar-refractivity contribution is -0.136. The Balaban J connectivity index is 5.14. The van der Waals surface area contributed by atoms with Gasteiger partial charge in [-0.3, -0.25) is 0 Å². The Morgan fingerprint density at radius 1 is 0.833 bits per heavy atom. The Morgan fingerprint density at radius 2 is 1.17 bits per heavy atom. The number of carbonyl (C=O) groups is 2. The fourth-order valence-corrected chi connectivity index (χ4v) is 1.20. The number of carboxylic acids is 2. The van der Waals surface area contributed by atoms with Crippen LogP contribution in [0.5, 0.6) is 0 Å². The van der Waals surface area contributed by atoms with Crippen molar-refractivity contribution >= 4 is 24.1 Å². The number of hydrogen-bond donors (Lipinski definition) is 2. The van der Waals surface area contributed by atoms with Crippen LogP contribution in [0, 0.1) is 0 Å². The molecule has 0 spiro atoms. The molecule has 0 aliphatic heterocycles. The highest BCUT2D eigenvalue weighted by Crippen LogP contribution is 2.14. The predicted octanol–water partition coefficient (Wildman–Crippen LogP) is -0.0960. The first-order valence-electron chi connectivity index (χ1n) is 4.80. The zero-order valence-electron chi connectivity index (χ0n) is 9.25. The van der Waals surface area contributed by atoms with Gasteiger partial charge in [0.1, 0.15) is 0 Å². The highest BCUT2D eigenvalue weighted by molar-refractivity contribution is 5.98. The highest BCUT2D eigenvalue weighted by Gasteiger charge is 2.19. The van der Waals surface area contributed by atoms with Crippen molar-refractivity contribution in [3.63, 3.8) is 0 Å². The molecule has 0 aromatic carbocycles.